The van der Waals surface area contributed by atoms with Gasteiger partial charge < -0.3 is 15.3 Å². The maximum Gasteiger partial charge on any atom is 0.254 e. The Bertz CT molecular complexity index is 788. The van der Waals surface area contributed by atoms with E-state index >= 15 is 0 Å². The Balaban J connectivity index is 0.000000188. The predicted octanol–water partition coefficient (Wildman–Crippen LogP) is 2.96. The summed E-state index contributed by atoms with van der Waals surface area (Å²) in [6.45, 7) is 0.782. The van der Waals surface area contributed by atoms with Crippen molar-refractivity contribution in [3.8, 4) is 0 Å². The van der Waals surface area contributed by atoms with Crippen LogP contribution in [-0.4, -0.2) is 47.6 Å². The van der Waals surface area contributed by atoms with Crippen LogP contribution in [0, 0.1) is 0 Å². The second-order valence-corrected chi connectivity index (χ2v) is 7.66. The lowest BCUT2D eigenvalue weighted by Gasteiger charge is -2.39. The lowest BCUT2D eigenvalue weighted by Crippen LogP contribution is -2.52. The number of carbonyl (C=O) groups is 2. The SMILES string of the molecule is O=C1c2ccccc2CC(CO)N1C1CCCC1.O=CNCCc1ccccc1. The fraction of sp³-hybridized carbons (Fsp3) is 0.417. The molecule has 1 unspecified atom stereocenters. The number of rotatable bonds is 6. The highest BCUT2D eigenvalue weighted by molar-refractivity contribution is 5.97. The first-order valence-electron chi connectivity index (χ1n) is 10.5. The van der Waals surface area contributed by atoms with E-state index in [1.807, 2.05) is 59.5 Å². The lowest BCUT2D eigenvalue weighted by atomic mass is 9.92. The molecule has 4 rings (SSSR count). The number of hydrogen-bond acceptors (Lipinski definition) is 3. The van der Waals surface area contributed by atoms with E-state index in [-0.39, 0.29) is 18.6 Å². The summed E-state index contributed by atoms with van der Waals surface area (Å²) >= 11 is 0. The van der Waals surface area contributed by atoms with Gasteiger partial charge in [0.2, 0.25) is 6.41 Å². The summed E-state index contributed by atoms with van der Waals surface area (Å²) < 4.78 is 0. The first-order valence-corrected chi connectivity index (χ1v) is 10.5. The zero-order valence-electron chi connectivity index (χ0n) is 16.8. The van der Waals surface area contributed by atoms with Crippen molar-refractivity contribution >= 4 is 12.3 Å². The average Bonchev–Trinajstić information content (AvgIpc) is 3.29. The van der Waals surface area contributed by atoms with E-state index in [9.17, 15) is 14.7 Å². The van der Waals surface area contributed by atoms with Crippen LogP contribution >= 0.6 is 0 Å². The van der Waals surface area contributed by atoms with E-state index in [4.69, 9.17) is 0 Å². The standard InChI is InChI=1S/C15H19NO2.C9H11NO/c17-10-13-9-11-5-1-4-8-14(11)15(18)16(13)12-6-2-3-7-12;11-8-10-7-6-9-4-2-1-3-5-9/h1,4-5,8,12-13,17H,2-3,6-7,9-10H2;1-5,8H,6-7H2,(H,10,11). The molecule has 5 heteroatoms. The van der Waals surface area contributed by atoms with Gasteiger partial charge in [-0.15, -0.1) is 0 Å². The summed E-state index contributed by atoms with van der Waals surface area (Å²) in [5.74, 6) is 0.114. The third kappa shape index (κ3) is 5.45. The Morgan fingerprint density at radius 1 is 1.03 bits per heavy atom. The first kappa shape index (κ1) is 21.1. The maximum absolute atomic E-state index is 12.6. The maximum atomic E-state index is 12.6. The van der Waals surface area contributed by atoms with Crippen LogP contribution in [0.2, 0.25) is 0 Å². The molecule has 1 fully saturated rings. The van der Waals surface area contributed by atoms with E-state index in [1.165, 1.54) is 18.4 Å². The molecular formula is C24H30N2O3. The quantitative estimate of drug-likeness (QED) is 0.585. The fourth-order valence-corrected chi connectivity index (χ4v) is 4.28. The molecule has 0 spiro atoms. The second-order valence-electron chi connectivity index (χ2n) is 7.66. The van der Waals surface area contributed by atoms with Gasteiger partial charge in [0.05, 0.1) is 12.6 Å². The number of hydrogen-bond donors (Lipinski definition) is 2. The van der Waals surface area contributed by atoms with Crippen molar-refractivity contribution in [2.45, 2.75) is 50.6 Å². The van der Waals surface area contributed by atoms with E-state index in [1.54, 1.807) is 0 Å². The molecule has 1 aliphatic carbocycles. The Kier molecular flexibility index (Phi) is 7.82. The van der Waals surface area contributed by atoms with Crippen molar-refractivity contribution in [2.24, 2.45) is 0 Å². The molecule has 2 aromatic carbocycles. The molecule has 2 aromatic rings. The van der Waals surface area contributed by atoms with E-state index in [2.05, 4.69) is 5.32 Å². The number of fused-ring (bicyclic) bond motifs is 1. The number of benzene rings is 2. The zero-order valence-corrected chi connectivity index (χ0v) is 16.8. The molecule has 1 atom stereocenters. The van der Waals surface area contributed by atoms with Crippen molar-refractivity contribution in [1.29, 1.82) is 0 Å². The van der Waals surface area contributed by atoms with E-state index in [0.717, 1.165) is 43.2 Å². The van der Waals surface area contributed by atoms with Crippen LogP contribution < -0.4 is 5.32 Å². The van der Waals surface area contributed by atoms with Crippen molar-refractivity contribution in [3.63, 3.8) is 0 Å². The Morgan fingerprint density at radius 2 is 1.72 bits per heavy atom. The molecule has 0 saturated heterocycles. The topological polar surface area (TPSA) is 69.6 Å². The van der Waals surface area contributed by atoms with Crippen LogP contribution in [0.4, 0.5) is 0 Å². The summed E-state index contributed by atoms with van der Waals surface area (Å²) in [4.78, 5) is 24.4. The highest BCUT2D eigenvalue weighted by atomic mass is 16.3. The van der Waals surface area contributed by atoms with Crippen LogP contribution in [0.25, 0.3) is 0 Å². The number of carbonyl (C=O) groups excluding carboxylic acids is 2. The van der Waals surface area contributed by atoms with Crippen LogP contribution in [0.3, 0.4) is 0 Å². The van der Waals surface area contributed by atoms with Crippen molar-refractivity contribution in [2.75, 3.05) is 13.2 Å². The molecule has 1 heterocycles. The Morgan fingerprint density at radius 3 is 2.41 bits per heavy atom. The normalized spacial score (nSPS) is 18.6. The van der Waals surface area contributed by atoms with E-state index in [0.29, 0.717) is 12.6 Å². The molecular weight excluding hydrogens is 364 g/mol. The van der Waals surface area contributed by atoms with Crippen LogP contribution in [-0.2, 0) is 17.6 Å². The van der Waals surface area contributed by atoms with Crippen molar-refractivity contribution in [3.05, 3.63) is 71.3 Å². The van der Waals surface area contributed by atoms with Gasteiger partial charge in [-0.1, -0.05) is 61.4 Å². The molecule has 1 saturated carbocycles. The molecule has 2 aliphatic rings. The lowest BCUT2D eigenvalue weighted by molar-refractivity contribution is -0.109. The third-order valence-corrected chi connectivity index (χ3v) is 5.74. The number of amides is 2. The predicted molar refractivity (Wildman–Crippen MR) is 114 cm³/mol. The summed E-state index contributed by atoms with van der Waals surface area (Å²) in [5, 5.41) is 12.2. The molecule has 0 radical (unpaired) electrons. The number of nitrogens with zero attached hydrogens (tertiary/aromatic N) is 1. The smallest absolute Gasteiger partial charge is 0.254 e. The Labute approximate surface area is 172 Å². The highest BCUT2D eigenvalue weighted by Gasteiger charge is 2.37. The van der Waals surface area contributed by atoms with Gasteiger partial charge >= 0.3 is 0 Å². The second kappa shape index (κ2) is 10.8. The molecule has 5 nitrogen and oxygen atoms in total. The van der Waals surface area contributed by atoms with Crippen LogP contribution in [0.1, 0.15) is 47.2 Å². The van der Waals surface area contributed by atoms with Crippen molar-refractivity contribution < 1.29 is 14.7 Å². The summed E-state index contributed by atoms with van der Waals surface area (Å²) in [5.41, 5.74) is 3.16. The number of nitrogens with one attached hydrogen (secondary N) is 1. The zero-order chi connectivity index (χ0) is 20.5. The van der Waals surface area contributed by atoms with Crippen molar-refractivity contribution in [1.82, 2.24) is 10.2 Å². The van der Waals surface area contributed by atoms with Gasteiger partial charge in [-0.2, -0.15) is 0 Å². The molecule has 0 aromatic heterocycles. The van der Waals surface area contributed by atoms with Crippen LogP contribution in [0.5, 0.6) is 0 Å². The van der Waals surface area contributed by atoms with Gasteiger partial charge in [-0.25, -0.2) is 0 Å². The first-order chi connectivity index (χ1) is 14.2. The van der Waals surface area contributed by atoms with Gasteiger partial charge in [0.15, 0.2) is 0 Å². The number of aliphatic hydroxyl groups excluding tert-OH is 1. The number of aliphatic hydroxyl groups is 1. The summed E-state index contributed by atoms with van der Waals surface area (Å²) in [6.07, 6.45) is 6.99. The summed E-state index contributed by atoms with van der Waals surface area (Å²) in [6, 6.07) is 18.2. The van der Waals surface area contributed by atoms with Gasteiger partial charge in [-0.05, 0) is 42.9 Å². The van der Waals surface area contributed by atoms with Gasteiger partial charge in [0.25, 0.3) is 5.91 Å². The van der Waals surface area contributed by atoms with E-state index < -0.39 is 0 Å². The highest BCUT2D eigenvalue weighted by Crippen LogP contribution is 2.31. The largest absolute Gasteiger partial charge is 0.394 e. The molecule has 2 amide bonds. The van der Waals surface area contributed by atoms with Gasteiger partial charge in [-0.3, -0.25) is 9.59 Å². The molecule has 29 heavy (non-hydrogen) atoms. The summed E-state index contributed by atoms with van der Waals surface area (Å²) in [7, 11) is 0. The molecule has 1 aliphatic heterocycles. The monoisotopic (exact) mass is 394 g/mol. The minimum Gasteiger partial charge on any atom is -0.394 e. The third-order valence-electron chi connectivity index (χ3n) is 5.74. The van der Waals surface area contributed by atoms with Gasteiger partial charge in [0, 0.05) is 18.2 Å². The minimum absolute atomic E-state index is 0.0319. The van der Waals surface area contributed by atoms with Crippen LogP contribution in [0.15, 0.2) is 54.6 Å². The Hall–Kier alpha value is -2.66. The average molecular weight is 395 g/mol. The fourth-order valence-electron chi connectivity index (χ4n) is 4.28. The van der Waals surface area contributed by atoms with Gasteiger partial charge in [0.1, 0.15) is 0 Å². The molecule has 2 N–H and O–H groups in total. The minimum atomic E-state index is -0.0319. The molecule has 154 valence electrons. The molecule has 0 bridgehead atoms.